The number of nitrogens with zero attached hydrogens (tertiary/aromatic N) is 1. The largest absolute Gasteiger partial charge is 0.488 e. The zero-order chi connectivity index (χ0) is 24.1. The van der Waals surface area contributed by atoms with Crippen molar-refractivity contribution in [1.82, 2.24) is 5.32 Å². The van der Waals surface area contributed by atoms with E-state index in [1.807, 2.05) is 30.3 Å². The third kappa shape index (κ3) is 5.98. The number of thioether (sulfide) groups is 1. The smallest absolute Gasteiger partial charge is 0.269 e. The van der Waals surface area contributed by atoms with E-state index in [0.29, 0.717) is 16.2 Å². The van der Waals surface area contributed by atoms with E-state index in [2.05, 4.69) is 45.6 Å². The van der Waals surface area contributed by atoms with Crippen LogP contribution in [0.1, 0.15) is 23.6 Å². The van der Waals surface area contributed by atoms with Gasteiger partial charge in [-0.3, -0.25) is 14.9 Å². The Bertz CT molecular complexity index is 1250. The molecule has 174 valence electrons. The van der Waals surface area contributed by atoms with E-state index in [-0.39, 0.29) is 23.7 Å². The lowest BCUT2D eigenvalue weighted by Crippen LogP contribution is -2.30. The molecule has 9 heteroatoms. The number of non-ortho nitro benzene ring substituents is 1. The van der Waals surface area contributed by atoms with E-state index in [1.165, 1.54) is 29.5 Å². The van der Waals surface area contributed by atoms with Crippen molar-refractivity contribution in [3.8, 4) is 5.75 Å². The molecule has 0 aromatic heterocycles. The van der Waals surface area contributed by atoms with Crippen LogP contribution in [0.25, 0.3) is 6.08 Å². The lowest BCUT2D eigenvalue weighted by Gasteiger charge is -2.12. The molecule has 1 saturated heterocycles. The van der Waals surface area contributed by atoms with Crippen molar-refractivity contribution in [2.24, 2.45) is 0 Å². The first-order chi connectivity index (χ1) is 16.4. The monoisotopic (exact) mass is 539 g/mol. The van der Waals surface area contributed by atoms with Crippen LogP contribution in [0.15, 0.2) is 76.1 Å². The molecule has 3 aromatic carbocycles. The predicted molar refractivity (Wildman–Crippen MR) is 139 cm³/mol. The van der Waals surface area contributed by atoms with Gasteiger partial charge in [-0.2, -0.15) is 0 Å². The standard InChI is InChI=1S/C25H22BrN3O4S/c1-2-16-6-9-19(10-7-16)27-25-28-24(30)23(34-25)14-17-8-11-22(21(26)13-17)33-15-18-4-3-5-20(12-18)29(31)32/h3-14,25,27H,2,15H2,1H3,(H,28,30)/b23-14-/t25-/m1/s1. The minimum absolute atomic E-state index is 0.0280. The predicted octanol–water partition coefficient (Wildman–Crippen LogP) is 6.10. The van der Waals surface area contributed by atoms with Crippen LogP contribution >= 0.6 is 27.7 Å². The van der Waals surface area contributed by atoms with Gasteiger partial charge in [0.2, 0.25) is 0 Å². The topological polar surface area (TPSA) is 93.5 Å². The Labute approximate surface area is 209 Å². The van der Waals surface area contributed by atoms with E-state index >= 15 is 0 Å². The Kier molecular flexibility index (Phi) is 7.54. The highest BCUT2D eigenvalue weighted by atomic mass is 79.9. The number of halogens is 1. The maximum atomic E-state index is 12.4. The van der Waals surface area contributed by atoms with E-state index in [4.69, 9.17) is 4.74 Å². The van der Waals surface area contributed by atoms with Crippen LogP contribution in [0.4, 0.5) is 11.4 Å². The molecule has 1 aliphatic heterocycles. The molecule has 1 amide bonds. The van der Waals surface area contributed by atoms with E-state index in [0.717, 1.165) is 22.1 Å². The molecule has 0 spiro atoms. The summed E-state index contributed by atoms with van der Waals surface area (Å²) in [5.41, 5.74) is 3.54. The number of carbonyl (C=O) groups excluding carboxylic acids is 1. The molecule has 34 heavy (non-hydrogen) atoms. The Morgan fingerprint density at radius 2 is 1.94 bits per heavy atom. The molecule has 4 rings (SSSR count). The molecule has 1 atom stereocenters. The summed E-state index contributed by atoms with van der Waals surface area (Å²) in [6, 6.07) is 20.0. The molecule has 0 aliphatic carbocycles. The summed E-state index contributed by atoms with van der Waals surface area (Å²) in [7, 11) is 0. The Morgan fingerprint density at radius 3 is 2.65 bits per heavy atom. The zero-order valence-corrected chi connectivity index (χ0v) is 20.7. The first kappa shape index (κ1) is 23.8. The third-order valence-electron chi connectivity index (χ3n) is 5.16. The van der Waals surface area contributed by atoms with Crippen molar-refractivity contribution >= 4 is 51.0 Å². The molecule has 1 fully saturated rings. The molecular formula is C25H22BrN3O4S. The summed E-state index contributed by atoms with van der Waals surface area (Å²) in [4.78, 5) is 23.6. The minimum atomic E-state index is -0.430. The maximum Gasteiger partial charge on any atom is 0.269 e. The van der Waals surface area contributed by atoms with Gasteiger partial charge in [0, 0.05) is 17.8 Å². The van der Waals surface area contributed by atoms with Gasteiger partial charge in [-0.05, 0) is 69.4 Å². The highest BCUT2D eigenvalue weighted by Gasteiger charge is 2.27. The third-order valence-corrected chi connectivity index (χ3v) is 6.81. The number of nitro benzene ring substituents is 1. The minimum Gasteiger partial charge on any atom is -0.488 e. The van der Waals surface area contributed by atoms with Gasteiger partial charge in [0.15, 0.2) is 5.50 Å². The SMILES string of the molecule is CCc1ccc(N[C@@H]2NC(=O)/C(=C/c3ccc(OCc4cccc([N+](=O)[O-])c4)c(Br)c3)S2)cc1. The van der Waals surface area contributed by atoms with Crippen molar-refractivity contribution in [3.05, 3.63) is 103 Å². The number of ether oxygens (including phenoxy) is 1. The van der Waals surface area contributed by atoms with Crippen molar-refractivity contribution in [2.75, 3.05) is 5.32 Å². The lowest BCUT2D eigenvalue weighted by molar-refractivity contribution is -0.384. The lowest BCUT2D eigenvalue weighted by atomic mass is 10.1. The fraction of sp³-hybridized carbons (Fsp3) is 0.160. The zero-order valence-electron chi connectivity index (χ0n) is 18.3. The highest BCUT2D eigenvalue weighted by molar-refractivity contribution is 9.10. The van der Waals surface area contributed by atoms with E-state index in [1.54, 1.807) is 18.2 Å². The van der Waals surface area contributed by atoms with Crippen LogP contribution in [0, 0.1) is 10.1 Å². The normalized spacial score (nSPS) is 16.4. The fourth-order valence-corrected chi connectivity index (χ4v) is 4.85. The Hall–Kier alpha value is -3.30. The number of nitro groups is 1. The number of rotatable bonds is 8. The first-order valence-corrected chi connectivity index (χ1v) is 12.3. The van der Waals surface area contributed by atoms with Gasteiger partial charge in [0.25, 0.3) is 11.6 Å². The highest BCUT2D eigenvalue weighted by Crippen LogP contribution is 2.33. The van der Waals surface area contributed by atoms with E-state index < -0.39 is 4.92 Å². The van der Waals surface area contributed by atoms with Crippen LogP contribution in [0.3, 0.4) is 0 Å². The van der Waals surface area contributed by atoms with Gasteiger partial charge in [-0.15, -0.1) is 0 Å². The second kappa shape index (κ2) is 10.8. The molecule has 0 unspecified atom stereocenters. The van der Waals surface area contributed by atoms with Gasteiger partial charge < -0.3 is 15.4 Å². The molecule has 1 heterocycles. The average Bonchev–Trinajstić information content (AvgIpc) is 3.17. The fourth-order valence-electron chi connectivity index (χ4n) is 3.35. The van der Waals surface area contributed by atoms with Gasteiger partial charge >= 0.3 is 0 Å². The first-order valence-electron chi connectivity index (χ1n) is 10.6. The quantitative estimate of drug-likeness (QED) is 0.204. The second-order valence-electron chi connectivity index (χ2n) is 7.58. The van der Waals surface area contributed by atoms with Crippen LogP contribution in [-0.4, -0.2) is 16.3 Å². The molecule has 7 nitrogen and oxygen atoms in total. The molecular weight excluding hydrogens is 518 g/mol. The number of hydrogen-bond acceptors (Lipinski definition) is 6. The number of amides is 1. The molecule has 0 radical (unpaired) electrons. The summed E-state index contributed by atoms with van der Waals surface area (Å²) in [6.45, 7) is 2.31. The second-order valence-corrected chi connectivity index (χ2v) is 9.58. The van der Waals surface area contributed by atoms with Crippen molar-refractivity contribution in [2.45, 2.75) is 25.4 Å². The van der Waals surface area contributed by atoms with Gasteiger partial charge in [-0.1, -0.05) is 49.0 Å². The van der Waals surface area contributed by atoms with Crippen molar-refractivity contribution < 1.29 is 14.5 Å². The number of hydrogen-bond donors (Lipinski definition) is 2. The summed E-state index contributed by atoms with van der Waals surface area (Å²) < 4.78 is 6.54. The molecule has 2 N–H and O–H groups in total. The number of anilines is 1. The maximum absolute atomic E-state index is 12.4. The van der Waals surface area contributed by atoms with Crippen LogP contribution in [0.5, 0.6) is 5.75 Å². The summed E-state index contributed by atoms with van der Waals surface area (Å²) in [5.74, 6) is 0.474. The average molecular weight is 540 g/mol. The summed E-state index contributed by atoms with van der Waals surface area (Å²) in [6.07, 6.45) is 2.81. The summed E-state index contributed by atoms with van der Waals surface area (Å²) >= 11 is 4.94. The molecule has 0 saturated carbocycles. The molecule has 1 aliphatic rings. The number of aryl methyl sites for hydroxylation is 1. The number of nitrogens with one attached hydrogen (secondary N) is 2. The van der Waals surface area contributed by atoms with Gasteiger partial charge in [0.1, 0.15) is 12.4 Å². The summed E-state index contributed by atoms with van der Waals surface area (Å²) in [5, 5.41) is 17.2. The van der Waals surface area contributed by atoms with E-state index in [9.17, 15) is 14.9 Å². The van der Waals surface area contributed by atoms with Gasteiger partial charge in [0.05, 0.1) is 14.3 Å². The number of benzene rings is 3. The van der Waals surface area contributed by atoms with Crippen molar-refractivity contribution in [1.29, 1.82) is 0 Å². The molecule has 0 bridgehead atoms. The number of carbonyl (C=O) groups is 1. The molecule has 3 aromatic rings. The Morgan fingerprint density at radius 1 is 1.15 bits per heavy atom. The Balaban J connectivity index is 1.39. The van der Waals surface area contributed by atoms with Crippen LogP contribution in [0.2, 0.25) is 0 Å². The van der Waals surface area contributed by atoms with Crippen LogP contribution in [-0.2, 0) is 17.8 Å². The van der Waals surface area contributed by atoms with Crippen LogP contribution < -0.4 is 15.4 Å². The van der Waals surface area contributed by atoms with Crippen molar-refractivity contribution in [3.63, 3.8) is 0 Å². The van der Waals surface area contributed by atoms with Gasteiger partial charge in [-0.25, -0.2) is 0 Å².